The van der Waals surface area contributed by atoms with Crippen LogP contribution >= 0.6 is 11.6 Å². The first-order valence-corrected chi connectivity index (χ1v) is 6.90. The maximum absolute atomic E-state index is 12.0. The van der Waals surface area contributed by atoms with E-state index in [0.717, 1.165) is 25.9 Å². The molecule has 0 aliphatic carbocycles. The summed E-state index contributed by atoms with van der Waals surface area (Å²) in [7, 11) is 0. The molecule has 2 atom stereocenters. The third kappa shape index (κ3) is 3.83. The standard InChI is InChI=1S/C12H20ClNO3/c13-8-11-9-14(5-7-17-11)12(15)4-3-10-2-1-6-16-10/h10-11H,1-9H2. The molecule has 2 fully saturated rings. The number of amides is 1. The molecule has 2 rings (SSSR count). The van der Waals surface area contributed by atoms with Gasteiger partial charge in [0.25, 0.3) is 0 Å². The van der Waals surface area contributed by atoms with E-state index in [1.165, 1.54) is 0 Å². The van der Waals surface area contributed by atoms with Crippen molar-refractivity contribution in [2.45, 2.75) is 37.9 Å². The van der Waals surface area contributed by atoms with Crippen LogP contribution in [-0.2, 0) is 14.3 Å². The van der Waals surface area contributed by atoms with Crippen LogP contribution in [0.1, 0.15) is 25.7 Å². The summed E-state index contributed by atoms with van der Waals surface area (Å²) in [5.74, 6) is 0.661. The van der Waals surface area contributed by atoms with Gasteiger partial charge in [-0.25, -0.2) is 0 Å². The highest BCUT2D eigenvalue weighted by Gasteiger charge is 2.24. The number of alkyl halides is 1. The zero-order valence-corrected chi connectivity index (χ0v) is 10.8. The lowest BCUT2D eigenvalue weighted by atomic mass is 10.1. The minimum absolute atomic E-state index is 0.00269. The summed E-state index contributed by atoms with van der Waals surface area (Å²) in [5.41, 5.74) is 0. The van der Waals surface area contributed by atoms with Gasteiger partial charge in [-0.15, -0.1) is 11.6 Å². The number of nitrogens with zero attached hydrogens (tertiary/aromatic N) is 1. The molecule has 0 saturated carbocycles. The summed E-state index contributed by atoms with van der Waals surface area (Å²) < 4.78 is 11.0. The first-order valence-electron chi connectivity index (χ1n) is 6.36. The van der Waals surface area contributed by atoms with Gasteiger partial charge in [0.15, 0.2) is 0 Å². The zero-order valence-electron chi connectivity index (χ0n) is 10.1. The van der Waals surface area contributed by atoms with Gasteiger partial charge in [0, 0.05) is 26.1 Å². The molecule has 2 aliphatic heterocycles. The van der Waals surface area contributed by atoms with Gasteiger partial charge in [-0.05, 0) is 19.3 Å². The van der Waals surface area contributed by atoms with Gasteiger partial charge < -0.3 is 14.4 Å². The molecular formula is C12H20ClNO3. The molecule has 2 heterocycles. The molecule has 2 saturated heterocycles. The molecule has 0 aromatic heterocycles. The van der Waals surface area contributed by atoms with Crippen molar-refractivity contribution in [2.24, 2.45) is 0 Å². The fraction of sp³-hybridized carbons (Fsp3) is 0.917. The van der Waals surface area contributed by atoms with Crippen LogP contribution in [0.15, 0.2) is 0 Å². The Kier molecular flexibility index (Phi) is 5.07. The van der Waals surface area contributed by atoms with Gasteiger partial charge in [0.1, 0.15) is 0 Å². The molecule has 4 nitrogen and oxygen atoms in total. The summed E-state index contributed by atoms with van der Waals surface area (Å²) in [6.07, 6.45) is 3.95. The molecule has 2 unspecified atom stereocenters. The van der Waals surface area contributed by atoms with Gasteiger partial charge in [0.2, 0.25) is 5.91 Å². The Bertz CT molecular complexity index is 256. The third-order valence-corrected chi connectivity index (χ3v) is 3.71. The van der Waals surface area contributed by atoms with Crippen LogP contribution in [0.5, 0.6) is 0 Å². The quantitative estimate of drug-likeness (QED) is 0.719. The predicted octanol–water partition coefficient (Wildman–Crippen LogP) is 1.41. The van der Waals surface area contributed by atoms with Crippen molar-refractivity contribution in [3.63, 3.8) is 0 Å². The predicted molar refractivity (Wildman–Crippen MR) is 65.2 cm³/mol. The van der Waals surface area contributed by atoms with E-state index in [1.54, 1.807) is 0 Å². The number of carbonyl (C=O) groups is 1. The van der Waals surface area contributed by atoms with Gasteiger partial charge in [0.05, 0.1) is 24.7 Å². The van der Waals surface area contributed by atoms with Crippen LogP contribution in [0.2, 0.25) is 0 Å². The van der Waals surface area contributed by atoms with E-state index in [0.29, 0.717) is 38.1 Å². The maximum atomic E-state index is 12.0. The summed E-state index contributed by atoms with van der Waals surface area (Å²) in [4.78, 5) is 13.9. The van der Waals surface area contributed by atoms with Gasteiger partial charge in [-0.2, -0.15) is 0 Å². The maximum Gasteiger partial charge on any atom is 0.222 e. The van der Waals surface area contributed by atoms with Crippen molar-refractivity contribution in [2.75, 3.05) is 32.2 Å². The van der Waals surface area contributed by atoms with Crippen LogP contribution in [-0.4, -0.2) is 55.2 Å². The summed E-state index contributed by atoms with van der Waals surface area (Å²) in [6.45, 7) is 2.78. The number of hydrogen-bond donors (Lipinski definition) is 0. The van der Waals surface area contributed by atoms with Crippen LogP contribution in [0, 0.1) is 0 Å². The van der Waals surface area contributed by atoms with Crippen LogP contribution in [0.4, 0.5) is 0 Å². The second-order valence-corrected chi connectivity index (χ2v) is 4.97. The van der Waals surface area contributed by atoms with Crippen molar-refractivity contribution in [1.29, 1.82) is 0 Å². The van der Waals surface area contributed by atoms with E-state index in [9.17, 15) is 4.79 Å². The van der Waals surface area contributed by atoms with Crippen molar-refractivity contribution >= 4 is 17.5 Å². The number of halogens is 1. The van der Waals surface area contributed by atoms with E-state index in [-0.39, 0.29) is 12.0 Å². The highest BCUT2D eigenvalue weighted by atomic mass is 35.5. The van der Waals surface area contributed by atoms with Crippen molar-refractivity contribution in [3.8, 4) is 0 Å². The average Bonchev–Trinajstić information content (AvgIpc) is 2.89. The molecule has 0 aromatic rings. The lowest BCUT2D eigenvalue weighted by Crippen LogP contribution is -2.46. The SMILES string of the molecule is O=C(CCC1CCCO1)N1CCOC(CCl)C1. The fourth-order valence-electron chi connectivity index (χ4n) is 2.35. The number of morpholine rings is 1. The zero-order chi connectivity index (χ0) is 12.1. The fourth-order valence-corrected chi connectivity index (χ4v) is 2.54. The Morgan fingerprint density at radius 1 is 1.29 bits per heavy atom. The van der Waals surface area contributed by atoms with Crippen LogP contribution in [0.25, 0.3) is 0 Å². The normalized spacial score (nSPS) is 29.6. The topological polar surface area (TPSA) is 38.8 Å². The molecule has 98 valence electrons. The summed E-state index contributed by atoms with van der Waals surface area (Å²) in [6, 6.07) is 0. The van der Waals surface area contributed by atoms with E-state index >= 15 is 0 Å². The van der Waals surface area contributed by atoms with Crippen LogP contribution < -0.4 is 0 Å². The molecule has 0 bridgehead atoms. The van der Waals surface area contributed by atoms with E-state index in [2.05, 4.69) is 0 Å². The van der Waals surface area contributed by atoms with Crippen molar-refractivity contribution in [1.82, 2.24) is 4.90 Å². The highest BCUT2D eigenvalue weighted by molar-refractivity contribution is 6.18. The van der Waals surface area contributed by atoms with Gasteiger partial charge in [-0.3, -0.25) is 4.79 Å². The molecule has 17 heavy (non-hydrogen) atoms. The Labute approximate surface area is 107 Å². The minimum Gasteiger partial charge on any atom is -0.378 e. The Morgan fingerprint density at radius 2 is 2.12 bits per heavy atom. The molecule has 0 spiro atoms. The molecule has 2 aliphatic rings. The first-order chi connectivity index (χ1) is 8.29. The number of hydrogen-bond acceptors (Lipinski definition) is 3. The number of ether oxygens (including phenoxy) is 2. The molecule has 5 heteroatoms. The van der Waals surface area contributed by atoms with E-state index < -0.39 is 0 Å². The molecule has 0 N–H and O–H groups in total. The van der Waals surface area contributed by atoms with Crippen LogP contribution in [0.3, 0.4) is 0 Å². The third-order valence-electron chi connectivity index (χ3n) is 3.37. The van der Waals surface area contributed by atoms with Crippen molar-refractivity contribution in [3.05, 3.63) is 0 Å². The highest BCUT2D eigenvalue weighted by Crippen LogP contribution is 2.18. The Hall–Kier alpha value is -0.320. The minimum atomic E-state index is -0.00269. The van der Waals surface area contributed by atoms with Gasteiger partial charge in [-0.1, -0.05) is 0 Å². The number of carbonyl (C=O) groups excluding carboxylic acids is 1. The lowest BCUT2D eigenvalue weighted by molar-refractivity contribution is -0.138. The average molecular weight is 262 g/mol. The number of rotatable bonds is 4. The molecule has 0 aromatic carbocycles. The second-order valence-electron chi connectivity index (χ2n) is 4.66. The van der Waals surface area contributed by atoms with E-state index in [4.69, 9.17) is 21.1 Å². The first kappa shape index (κ1) is 13.1. The Balaban J connectivity index is 1.71. The molecule has 0 radical (unpaired) electrons. The monoisotopic (exact) mass is 261 g/mol. The van der Waals surface area contributed by atoms with Gasteiger partial charge >= 0.3 is 0 Å². The molecular weight excluding hydrogens is 242 g/mol. The smallest absolute Gasteiger partial charge is 0.222 e. The lowest BCUT2D eigenvalue weighted by Gasteiger charge is -2.32. The second kappa shape index (κ2) is 6.57. The summed E-state index contributed by atoms with van der Waals surface area (Å²) in [5, 5.41) is 0. The van der Waals surface area contributed by atoms with Crippen molar-refractivity contribution < 1.29 is 14.3 Å². The van der Waals surface area contributed by atoms with E-state index in [1.807, 2.05) is 4.90 Å². The molecule has 1 amide bonds. The Morgan fingerprint density at radius 3 is 2.82 bits per heavy atom. The summed E-state index contributed by atoms with van der Waals surface area (Å²) >= 11 is 5.75. The largest absolute Gasteiger partial charge is 0.378 e.